The number of nitrogens with one attached hydrogen (secondary N) is 1. The first kappa shape index (κ1) is 12.5. The van der Waals surface area contributed by atoms with Gasteiger partial charge in [0.1, 0.15) is 5.65 Å². The molecular weight excluding hydrogens is 255 g/mol. The third kappa shape index (κ3) is 2.32. The van der Waals surface area contributed by atoms with Crippen molar-refractivity contribution in [1.82, 2.24) is 14.7 Å². The van der Waals surface area contributed by atoms with Gasteiger partial charge in [0.25, 0.3) is 0 Å². The van der Waals surface area contributed by atoms with E-state index in [2.05, 4.69) is 10.3 Å². The van der Waals surface area contributed by atoms with E-state index in [0.29, 0.717) is 0 Å². The highest BCUT2D eigenvalue weighted by Crippen LogP contribution is 2.33. The minimum absolute atomic E-state index is 0.00327. The van der Waals surface area contributed by atoms with E-state index >= 15 is 0 Å². The predicted octanol–water partition coefficient (Wildman–Crippen LogP) is 2.82. The number of hydrogen-bond acceptors (Lipinski definition) is 2. The number of pyridine rings is 1. The highest BCUT2D eigenvalue weighted by molar-refractivity contribution is 5.50. The standard InChI is InChI=1S/C13H14F3N3/c14-13(15,16)10-2-1-7-19-8-11(18-12(10)19)9-3-5-17-6-4-9/h1-2,7-9,17H,3-6H2. The van der Waals surface area contributed by atoms with E-state index in [9.17, 15) is 13.2 Å². The van der Waals surface area contributed by atoms with Crippen LogP contribution in [0.5, 0.6) is 0 Å². The molecule has 1 saturated heterocycles. The van der Waals surface area contributed by atoms with Crippen molar-refractivity contribution in [3.8, 4) is 0 Å². The molecule has 3 nitrogen and oxygen atoms in total. The number of rotatable bonds is 1. The monoisotopic (exact) mass is 269 g/mol. The predicted molar refractivity (Wildman–Crippen MR) is 65.0 cm³/mol. The first-order valence-electron chi connectivity index (χ1n) is 6.31. The topological polar surface area (TPSA) is 29.3 Å². The molecule has 0 bridgehead atoms. The van der Waals surface area contributed by atoms with Gasteiger partial charge >= 0.3 is 6.18 Å². The van der Waals surface area contributed by atoms with Crippen molar-refractivity contribution in [3.05, 3.63) is 35.8 Å². The van der Waals surface area contributed by atoms with Crippen LogP contribution in [0.1, 0.15) is 30.0 Å². The molecular formula is C13H14F3N3. The number of halogens is 3. The molecule has 0 radical (unpaired) electrons. The zero-order valence-electron chi connectivity index (χ0n) is 10.2. The molecule has 0 amide bonds. The second kappa shape index (κ2) is 4.52. The first-order chi connectivity index (χ1) is 9.05. The molecule has 0 aliphatic carbocycles. The highest BCUT2D eigenvalue weighted by atomic mass is 19.4. The summed E-state index contributed by atoms with van der Waals surface area (Å²) in [5.74, 6) is 0.252. The van der Waals surface area contributed by atoms with Crippen molar-refractivity contribution in [1.29, 1.82) is 0 Å². The average Bonchev–Trinajstić information content (AvgIpc) is 2.82. The second-order valence-corrected chi connectivity index (χ2v) is 4.84. The van der Waals surface area contributed by atoms with E-state index in [1.807, 2.05) is 0 Å². The Morgan fingerprint density at radius 2 is 2.00 bits per heavy atom. The lowest BCUT2D eigenvalue weighted by atomic mass is 9.95. The van der Waals surface area contributed by atoms with Gasteiger partial charge in [-0.05, 0) is 38.1 Å². The largest absolute Gasteiger partial charge is 0.419 e. The second-order valence-electron chi connectivity index (χ2n) is 4.84. The van der Waals surface area contributed by atoms with Crippen LogP contribution < -0.4 is 5.32 Å². The molecule has 1 N–H and O–H groups in total. The molecule has 3 rings (SSSR count). The van der Waals surface area contributed by atoms with Crippen LogP contribution in [0.25, 0.3) is 5.65 Å². The Labute approximate surface area is 108 Å². The van der Waals surface area contributed by atoms with Crippen molar-refractivity contribution in [2.45, 2.75) is 24.9 Å². The number of imidazole rings is 1. The minimum Gasteiger partial charge on any atom is -0.317 e. The summed E-state index contributed by atoms with van der Waals surface area (Å²) in [6.45, 7) is 1.79. The van der Waals surface area contributed by atoms with Crippen LogP contribution in [0.4, 0.5) is 13.2 Å². The van der Waals surface area contributed by atoms with Crippen LogP contribution in [-0.2, 0) is 6.18 Å². The number of aromatic nitrogens is 2. The SMILES string of the molecule is FC(F)(F)c1cccn2cc(C3CCNCC3)nc12. The molecule has 2 aromatic rings. The number of alkyl halides is 3. The van der Waals surface area contributed by atoms with E-state index in [4.69, 9.17) is 0 Å². The molecule has 6 heteroatoms. The van der Waals surface area contributed by atoms with Gasteiger partial charge in [-0.2, -0.15) is 13.2 Å². The van der Waals surface area contributed by atoms with E-state index in [1.54, 1.807) is 12.4 Å². The summed E-state index contributed by atoms with van der Waals surface area (Å²) < 4.78 is 40.2. The lowest BCUT2D eigenvalue weighted by Crippen LogP contribution is -2.26. The third-order valence-corrected chi connectivity index (χ3v) is 3.56. The Balaban J connectivity index is 2.05. The maximum Gasteiger partial charge on any atom is 0.419 e. The Hall–Kier alpha value is -1.56. The molecule has 1 aliphatic rings. The molecule has 1 aliphatic heterocycles. The third-order valence-electron chi connectivity index (χ3n) is 3.56. The fraction of sp³-hybridized carbons (Fsp3) is 0.462. The van der Waals surface area contributed by atoms with Crippen molar-refractivity contribution >= 4 is 5.65 Å². The first-order valence-corrected chi connectivity index (χ1v) is 6.31. The summed E-state index contributed by atoms with van der Waals surface area (Å²) in [5.41, 5.74) is 0.0944. The number of piperidine rings is 1. The average molecular weight is 269 g/mol. The van der Waals surface area contributed by atoms with Crippen LogP contribution in [0, 0.1) is 0 Å². The maximum absolute atomic E-state index is 12.9. The van der Waals surface area contributed by atoms with E-state index < -0.39 is 11.7 Å². The zero-order valence-corrected chi connectivity index (χ0v) is 10.2. The quantitative estimate of drug-likeness (QED) is 0.862. The van der Waals surface area contributed by atoms with Crippen LogP contribution >= 0.6 is 0 Å². The van der Waals surface area contributed by atoms with Gasteiger partial charge in [0, 0.05) is 18.3 Å². The van der Waals surface area contributed by atoms with Gasteiger partial charge in [-0.1, -0.05) is 0 Å². The van der Waals surface area contributed by atoms with Crippen molar-refractivity contribution < 1.29 is 13.2 Å². The van der Waals surface area contributed by atoms with Crippen molar-refractivity contribution in [2.24, 2.45) is 0 Å². The normalized spacial score (nSPS) is 18.1. The molecule has 0 atom stereocenters. The Morgan fingerprint density at radius 1 is 1.26 bits per heavy atom. The van der Waals surface area contributed by atoms with Crippen LogP contribution in [0.3, 0.4) is 0 Å². The number of fused-ring (bicyclic) bond motifs is 1. The van der Waals surface area contributed by atoms with Gasteiger partial charge in [-0.15, -0.1) is 0 Å². The van der Waals surface area contributed by atoms with E-state index in [-0.39, 0.29) is 11.6 Å². The Bertz CT molecular complexity index is 582. The fourth-order valence-electron chi connectivity index (χ4n) is 2.57. The molecule has 3 heterocycles. The van der Waals surface area contributed by atoms with Crippen LogP contribution in [-0.4, -0.2) is 22.5 Å². The maximum atomic E-state index is 12.9. The summed E-state index contributed by atoms with van der Waals surface area (Å²) in [4.78, 5) is 4.22. The molecule has 0 spiro atoms. The van der Waals surface area contributed by atoms with Gasteiger partial charge in [-0.25, -0.2) is 4.98 Å². The number of nitrogens with zero attached hydrogens (tertiary/aromatic N) is 2. The van der Waals surface area contributed by atoms with Gasteiger partial charge in [-0.3, -0.25) is 0 Å². The molecule has 2 aromatic heterocycles. The smallest absolute Gasteiger partial charge is 0.317 e. The van der Waals surface area contributed by atoms with E-state index in [1.165, 1.54) is 10.5 Å². The Kier molecular flexibility index (Phi) is 2.97. The summed E-state index contributed by atoms with van der Waals surface area (Å²) in [7, 11) is 0. The Morgan fingerprint density at radius 3 is 2.68 bits per heavy atom. The highest BCUT2D eigenvalue weighted by Gasteiger charge is 2.34. The summed E-state index contributed by atoms with van der Waals surface area (Å²) >= 11 is 0. The number of hydrogen-bond donors (Lipinski definition) is 1. The van der Waals surface area contributed by atoms with Gasteiger partial charge in [0.05, 0.1) is 11.3 Å². The lowest BCUT2D eigenvalue weighted by molar-refractivity contribution is -0.136. The fourth-order valence-corrected chi connectivity index (χ4v) is 2.57. The minimum atomic E-state index is -4.36. The van der Waals surface area contributed by atoms with Gasteiger partial charge in [0.2, 0.25) is 0 Å². The summed E-state index contributed by atoms with van der Waals surface area (Å²) in [6, 6.07) is 2.48. The van der Waals surface area contributed by atoms with Gasteiger partial charge < -0.3 is 9.72 Å². The van der Waals surface area contributed by atoms with Crippen molar-refractivity contribution in [3.63, 3.8) is 0 Å². The molecule has 102 valence electrons. The van der Waals surface area contributed by atoms with Crippen LogP contribution in [0.15, 0.2) is 24.5 Å². The zero-order chi connectivity index (χ0) is 13.5. The van der Waals surface area contributed by atoms with Crippen molar-refractivity contribution in [2.75, 3.05) is 13.1 Å². The summed E-state index contributed by atoms with van der Waals surface area (Å²) in [5, 5.41) is 3.24. The lowest BCUT2D eigenvalue weighted by Gasteiger charge is -2.20. The van der Waals surface area contributed by atoms with Crippen LogP contribution in [0.2, 0.25) is 0 Å². The molecule has 1 fully saturated rings. The molecule has 0 unspecified atom stereocenters. The molecule has 19 heavy (non-hydrogen) atoms. The summed E-state index contributed by atoms with van der Waals surface area (Å²) in [6.07, 6.45) is 0.818. The van der Waals surface area contributed by atoms with E-state index in [0.717, 1.165) is 37.7 Å². The molecule has 0 aromatic carbocycles. The van der Waals surface area contributed by atoms with Gasteiger partial charge in [0.15, 0.2) is 0 Å². The molecule has 0 saturated carbocycles.